The van der Waals surface area contributed by atoms with Gasteiger partial charge in [-0.05, 0) is 52.3 Å². The fraction of sp³-hybridized carbons (Fsp3) is 0.444. The molecule has 0 bridgehead atoms. The molecule has 2 N–H and O–H groups in total. The number of hydrogen-bond acceptors (Lipinski definition) is 7. The Morgan fingerprint density at radius 2 is 1.47 bits per heavy atom. The van der Waals surface area contributed by atoms with E-state index >= 15 is 0 Å². The molecule has 1 aliphatic carbocycles. The van der Waals surface area contributed by atoms with Crippen molar-refractivity contribution in [3.05, 3.63) is 66.2 Å². The molecule has 0 aromatic heterocycles. The Morgan fingerprint density at radius 1 is 0.941 bits per heavy atom. The van der Waals surface area contributed by atoms with Gasteiger partial charge in [0.25, 0.3) is 0 Å². The van der Waals surface area contributed by atoms with Crippen molar-refractivity contribution in [2.24, 2.45) is 16.9 Å². The minimum absolute atomic E-state index is 0.00584. The van der Waals surface area contributed by atoms with E-state index < -0.39 is 35.3 Å². The second-order valence-electron chi connectivity index (χ2n) is 9.48. The Morgan fingerprint density at radius 3 is 2.03 bits per heavy atom. The average molecular weight is 467 g/mol. The Labute approximate surface area is 201 Å². The summed E-state index contributed by atoms with van der Waals surface area (Å²) < 4.78 is 11.2. The van der Waals surface area contributed by atoms with Gasteiger partial charge in [0.05, 0.1) is 35.1 Å². The third-order valence-corrected chi connectivity index (χ3v) is 5.78. The van der Waals surface area contributed by atoms with Crippen molar-refractivity contribution in [1.82, 2.24) is 0 Å². The summed E-state index contributed by atoms with van der Waals surface area (Å²) in [5.41, 5.74) is 3.38. The number of hydrazone groups is 1. The third kappa shape index (κ3) is 6.03. The van der Waals surface area contributed by atoms with Crippen LogP contribution in [0.2, 0.25) is 0 Å². The number of carbonyl (C=O) groups excluding carboxylic acids is 2. The van der Waals surface area contributed by atoms with E-state index in [1.807, 2.05) is 60.7 Å². The van der Waals surface area contributed by atoms with Gasteiger partial charge in [-0.25, -0.2) is 0 Å². The Hall–Kier alpha value is -3.19. The van der Waals surface area contributed by atoms with Gasteiger partial charge in [0.15, 0.2) is 0 Å². The number of para-hydroxylation sites is 1. The molecule has 2 aromatic rings. The summed E-state index contributed by atoms with van der Waals surface area (Å²) >= 11 is 0. The molecule has 1 aliphatic rings. The number of nitrogens with one attached hydrogen (secondary N) is 1. The highest BCUT2D eigenvalue weighted by Gasteiger charge is 2.56. The van der Waals surface area contributed by atoms with Crippen LogP contribution in [0.3, 0.4) is 0 Å². The maximum absolute atomic E-state index is 13.5. The number of hydrogen-bond donors (Lipinski definition) is 2. The van der Waals surface area contributed by atoms with Crippen LogP contribution in [0.5, 0.6) is 0 Å². The first-order valence-corrected chi connectivity index (χ1v) is 11.7. The molecule has 2 aromatic carbocycles. The van der Waals surface area contributed by atoms with Crippen molar-refractivity contribution in [3.8, 4) is 0 Å². The summed E-state index contributed by atoms with van der Waals surface area (Å²) in [6, 6.07) is 18.6. The SMILES string of the molecule is CC(C)OC(=O)C1C(=NNc2ccccc2)CC(C)(O)C(C(=O)OC(C)C)C1c1ccccc1. The van der Waals surface area contributed by atoms with Crippen LogP contribution in [-0.2, 0) is 19.1 Å². The van der Waals surface area contributed by atoms with Crippen LogP contribution in [0.25, 0.3) is 0 Å². The van der Waals surface area contributed by atoms with Gasteiger partial charge in [-0.2, -0.15) is 5.10 Å². The summed E-state index contributed by atoms with van der Waals surface area (Å²) in [5.74, 6) is -3.64. The summed E-state index contributed by atoms with van der Waals surface area (Å²) in [4.78, 5) is 26.7. The van der Waals surface area contributed by atoms with Crippen molar-refractivity contribution >= 4 is 23.3 Å². The summed E-state index contributed by atoms with van der Waals surface area (Å²) in [6.45, 7) is 8.66. The van der Waals surface area contributed by atoms with E-state index in [1.165, 1.54) is 0 Å². The molecular weight excluding hydrogens is 432 g/mol. The van der Waals surface area contributed by atoms with Crippen LogP contribution >= 0.6 is 0 Å². The highest BCUT2D eigenvalue weighted by molar-refractivity contribution is 6.06. The lowest BCUT2D eigenvalue weighted by Gasteiger charge is -2.45. The van der Waals surface area contributed by atoms with Crippen LogP contribution in [0.15, 0.2) is 65.8 Å². The lowest BCUT2D eigenvalue weighted by atomic mass is 9.61. The molecule has 0 saturated heterocycles. The minimum Gasteiger partial charge on any atom is -0.463 e. The van der Waals surface area contributed by atoms with Gasteiger partial charge in [-0.3, -0.25) is 15.0 Å². The van der Waals surface area contributed by atoms with E-state index in [4.69, 9.17) is 9.47 Å². The van der Waals surface area contributed by atoms with Gasteiger partial charge in [-0.1, -0.05) is 48.5 Å². The maximum atomic E-state index is 13.5. The molecule has 1 fully saturated rings. The van der Waals surface area contributed by atoms with E-state index in [0.29, 0.717) is 5.71 Å². The lowest BCUT2D eigenvalue weighted by molar-refractivity contribution is -0.167. The first-order chi connectivity index (χ1) is 16.1. The second-order valence-corrected chi connectivity index (χ2v) is 9.48. The molecule has 0 spiro atoms. The molecule has 0 aliphatic heterocycles. The van der Waals surface area contributed by atoms with Gasteiger partial charge in [0.2, 0.25) is 0 Å². The van der Waals surface area contributed by atoms with Crippen molar-refractivity contribution < 1.29 is 24.2 Å². The molecule has 0 heterocycles. The van der Waals surface area contributed by atoms with Gasteiger partial charge in [0.1, 0.15) is 5.92 Å². The van der Waals surface area contributed by atoms with E-state index in [1.54, 1.807) is 34.6 Å². The highest BCUT2D eigenvalue weighted by Crippen LogP contribution is 2.47. The third-order valence-electron chi connectivity index (χ3n) is 5.78. The summed E-state index contributed by atoms with van der Waals surface area (Å²) in [7, 11) is 0. The van der Waals surface area contributed by atoms with Gasteiger partial charge >= 0.3 is 11.9 Å². The number of carbonyl (C=O) groups is 2. The predicted molar refractivity (Wildman–Crippen MR) is 131 cm³/mol. The number of ether oxygens (including phenoxy) is 2. The number of anilines is 1. The van der Waals surface area contributed by atoms with Crippen LogP contribution in [0.1, 0.15) is 52.5 Å². The number of aliphatic hydroxyl groups is 1. The fourth-order valence-electron chi connectivity index (χ4n) is 4.49. The van der Waals surface area contributed by atoms with Crippen LogP contribution in [0.4, 0.5) is 5.69 Å². The zero-order chi connectivity index (χ0) is 24.9. The van der Waals surface area contributed by atoms with Crippen LogP contribution in [-0.4, -0.2) is 40.6 Å². The van der Waals surface area contributed by atoms with E-state index in [2.05, 4.69) is 10.5 Å². The number of rotatable bonds is 7. The largest absolute Gasteiger partial charge is 0.463 e. The predicted octanol–water partition coefficient (Wildman–Crippen LogP) is 4.53. The number of nitrogens with zero attached hydrogens (tertiary/aromatic N) is 1. The van der Waals surface area contributed by atoms with Gasteiger partial charge < -0.3 is 14.6 Å². The van der Waals surface area contributed by atoms with Crippen molar-refractivity contribution in [2.75, 3.05) is 5.43 Å². The van der Waals surface area contributed by atoms with E-state index in [-0.39, 0.29) is 18.6 Å². The van der Waals surface area contributed by atoms with Crippen molar-refractivity contribution in [3.63, 3.8) is 0 Å². The molecule has 7 heteroatoms. The first-order valence-electron chi connectivity index (χ1n) is 11.7. The van der Waals surface area contributed by atoms with Crippen molar-refractivity contribution in [1.29, 1.82) is 0 Å². The van der Waals surface area contributed by atoms with Crippen LogP contribution < -0.4 is 5.43 Å². The lowest BCUT2D eigenvalue weighted by Crippen LogP contribution is -2.55. The highest BCUT2D eigenvalue weighted by atomic mass is 16.5. The normalized spacial score (nSPS) is 25.9. The van der Waals surface area contributed by atoms with Crippen molar-refractivity contribution in [2.45, 2.75) is 64.8 Å². The van der Waals surface area contributed by atoms with E-state index in [9.17, 15) is 14.7 Å². The molecule has 34 heavy (non-hydrogen) atoms. The molecule has 7 nitrogen and oxygen atoms in total. The van der Waals surface area contributed by atoms with Gasteiger partial charge in [-0.15, -0.1) is 0 Å². The molecule has 3 rings (SSSR count). The molecule has 0 radical (unpaired) electrons. The fourth-order valence-corrected chi connectivity index (χ4v) is 4.49. The zero-order valence-electron chi connectivity index (χ0n) is 20.4. The Balaban J connectivity index is 2.14. The smallest absolute Gasteiger partial charge is 0.315 e. The quantitative estimate of drug-likeness (QED) is 0.460. The monoisotopic (exact) mass is 466 g/mol. The molecule has 4 unspecified atom stereocenters. The molecule has 182 valence electrons. The molecule has 1 saturated carbocycles. The maximum Gasteiger partial charge on any atom is 0.315 e. The molecular formula is C27H34N2O5. The average Bonchev–Trinajstić information content (AvgIpc) is 2.76. The summed E-state index contributed by atoms with van der Waals surface area (Å²) in [6.07, 6.45) is -0.710. The minimum atomic E-state index is -1.50. The number of benzene rings is 2. The van der Waals surface area contributed by atoms with E-state index in [0.717, 1.165) is 11.3 Å². The number of esters is 2. The molecule has 0 amide bonds. The molecule has 4 atom stereocenters. The second kappa shape index (κ2) is 10.8. The summed E-state index contributed by atoms with van der Waals surface area (Å²) in [5, 5.41) is 16.1. The topological polar surface area (TPSA) is 97.2 Å². The first kappa shape index (κ1) is 25.4. The van der Waals surface area contributed by atoms with Crippen LogP contribution in [0, 0.1) is 11.8 Å². The standard InChI is InChI=1S/C27H34N2O5/c1-17(2)33-25(30)23-21(29-28-20-14-10-7-11-15-20)16-27(5,32)24(26(31)34-18(3)4)22(23)19-12-8-6-9-13-19/h6-15,17-18,22-24,28,32H,16H2,1-5H3. The Kier molecular flexibility index (Phi) is 8.10. The Bertz CT molecular complexity index is 1000. The zero-order valence-corrected chi connectivity index (χ0v) is 20.4. The van der Waals surface area contributed by atoms with Gasteiger partial charge in [0, 0.05) is 12.3 Å².